The smallest absolute Gasteiger partial charge is 0.220 e. The van der Waals surface area contributed by atoms with Crippen LogP contribution in [-0.2, 0) is 9.53 Å². The second kappa shape index (κ2) is 9.76. The van der Waals surface area contributed by atoms with Gasteiger partial charge in [-0.1, -0.05) is 18.2 Å². The molecule has 1 fully saturated rings. The predicted molar refractivity (Wildman–Crippen MR) is 104 cm³/mol. The third-order valence-electron chi connectivity index (χ3n) is 5.33. The van der Waals surface area contributed by atoms with E-state index in [0.29, 0.717) is 43.6 Å². The van der Waals surface area contributed by atoms with Gasteiger partial charge in [-0.2, -0.15) is 0 Å². The maximum atomic E-state index is 12.4. The number of hydrogen-bond donors (Lipinski definition) is 1. The SMILES string of the molecule is COc1ccc(C(CNC(=O)CC2C=CCC2)N2CCOCC2)cc1OC. The molecule has 27 heavy (non-hydrogen) atoms. The normalized spacial score (nSPS) is 21.0. The Kier molecular flexibility index (Phi) is 7.12. The molecule has 1 heterocycles. The number of hydrogen-bond acceptors (Lipinski definition) is 5. The average molecular weight is 374 g/mol. The van der Waals surface area contributed by atoms with E-state index in [2.05, 4.69) is 22.4 Å². The Morgan fingerprint density at radius 3 is 2.70 bits per heavy atom. The summed E-state index contributed by atoms with van der Waals surface area (Å²) in [5.74, 6) is 1.91. The van der Waals surface area contributed by atoms with Crippen LogP contribution in [0.4, 0.5) is 0 Å². The summed E-state index contributed by atoms with van der Waals surface area (Å²) in [6.45, 7) is 3.69. The van der Waals surface area contributed by atoms with Crippen molar-refractivity contribution in [2.75, 3.05) is 47.1 Å². The molecule has 0 bridgehead atoms. The Morgan fingerprint density at radius 2 is 2.04 bits per heavy atom. The molecule has 0 radical (unpaired) electrons. The Hall–Kier alpha value is -2.05. The van der Waals surface area contributed by atoms with Gasteiger partial charge in [0.05, 0.1) is 33.5 Å². The van der Waals surface area contributed by atoms with Crippen molar-refractivity contribution in [1.29, 1.82) is 0 Å². The van der Waals surface area contributed by atoms with E-state index in [1.165, 1.54) is 0 Å². The average Bonchev–Trinajstić information content (AvgIpc) is 3.21. The molecule has 6 nitrogen and oxygen atoms in total. The van der Waals surface area contributed by atoms with Gasteiger partial charge >= 0.3 is 0 Å². The molecule has 0 aromatic heterocycles. The zero-order chi connectivity index (χ0) is 19.1. The molecule has 1 saturated heterocycles. The van der Waals surface area contributed by atoms with Crippen LogP contribution in [0.2, 0.25) is 0 Å². The third kappa shape index (κ3) is 5.23. The largest absolute Gasteiger partial charge is 0.493 e. The summed E-state index contributed by atoms with van der Waals surface area (Å²) < 4.78 is 16.3. The number of allylic oxidation sites excluding steroid dienone is 2. The highest BCUT2D eigenvalue weighted by molar-refractivity contribution is 5.76. The number of carbonyl (C=O) groups excluding carboxylic acids is 1. The number of benzene rings is 1. The number of rotatable bonds is 8. The summed E-state index contributed by atoms with van der Waals surface area (Å²) in [5, 5.41) is 3.14. The van der Waals surface area contributed by atoms with E-state index in [0.717, 1.165) is 31.5 Å². The summed E-state index contributed by atoms with van der Waals surface area (Å²) >= 11 is 0. The zero-order valence-corrected chi connectivity index (χ0v) is 16.3. The molecule has 2 unspecified atom stereocenters. The van der Waals surface area contributed by atoms with E-state index in [1.54, 1.807) is 14.2 Å². The van der Waals surface area contributed by atoms with Gasteiger partial charge in [0.2, 0.25) is 5.91 Å². The van der Waals surface area contributed by atoms with Gasteiger partial charge in [-0.05, 0) is 36.5 Å². The number of methoxy groups -OCH3 is 2. The molecule has 3 rings (SSSR count). The lowest BCUT2D eigenvalue weighted by Crippen LogP contribution is -2.44. The van der Waals surface area contributed by atoms with Gasteiger partial charge in [0.15, 0.2) is 11.5 Å². The van der Waals surface area contributed by atoms with E-state index in [4.69, 9.17) is 14.2 Å². The van der Waals surface area contributed by atoms with Crippen LogP contribution in [0.1, 0.15) is 30.9 Å². The minimum absolute atomic E-state index is 0.0803. The van der Waals surface area contributed by atoms with Gasteiger partial charge < -0.3 is 19.5 Å². The van der Waals surface area contributed by atoms with Crippen LogP contribution >= 0.6 is 0 Å². The lowest BCUT2D eigenvalue weighted by molar-refractivity contribution is -0.122. The fourth-order valence-electron chi connectivity index (χ4n) is 3.79. The number of nitrogens with one attached hydrogen (secondary N) is 1. The van der Waals surface area contributed by atoms with Crippen molar-refractivity contribution in [2.45, 2.75) is 25.3 Å². The van der Waals surface area contributed by atoms with Crippen molar-refractivity contribution < 1.29 is 19.0 Å². The number of morpholine rings is 1. The Bertz CT molecular complexity index is 656. The first-order valence-electron chi connectivity index (χ1n) is 9.68. The molecule has 0 saturated carbocycles. The van der Waals surface area contributed by atoms with Crippen molar-refractivity contribution in [3.05, 3.63) is 35.9 Å². The van der Waals surface area contributed by atoms with Crippen LogP contribution in [0.3, 0.4) is 0 Å². The van der Waals surface area contributed by atoms with Gasteiger partial charge in [-0.3, -0.25) is 9.69 Å². The van der Waals surface area contributed by atoms with Crippen molar-refractivity contribution in [2.24, 2.45) is 5.92 Å². The Balaban J connectivity index is 1.70. The standard InChI is InChI=1S/C21H30N2O4/c1-25-19-8-7-17(14-20(19)26-2)18(23-9-11-27-12-10-23)15-22-21(24)13-16-5-3-4-6-16/h3,5,7-8,14,16,18H,4,6,9-13,15H2,1-2H3,(H,22,24). The molecule has 2 atom stereocenters. The monoisotopic (exact) mass is 374 g/mol. The quantitative estimate of drug-likeness (QED) is 0.709. The van der Waals surface area contributed by atoms with Gasteiger partial charge in [0.25, 0.3) is 0 Å². The molecule has 1 N–H and O–H groups in total. The molecule has 148 valence electrons. The topological polar surface area (TPSA) is 60.0 Å². The molecular formula is C21H30N2O4. The van der Waals surface area contributed by atoms with Crippen LogP contribution in [0.15, 0.2) is 30.4 Å². The first kappa shape index (κ1) is 19.7. The van der Waals surface area contributed by atoms with Gasteiger partial charge in [0, 0.05) is 26.1 Å². The van der Waals surface area contributed by atoms with Crippen molar-refractivity contribution in [3.8, 4) is 11.5 Å². The van der Waals surface area contributed by atoms with Gasteiger partial charge in [0.1, 0.15) is 0 Å². The zero-order valence-electron chi connectivity index (χ0n) is 16.3. The van der Waals surface area contributed by atoms with Crippen molar-refractivity contribution >= 4 is 5.91 Å². The van der Waals surface area contributed by atoms with E-state index in [1.807, 2.05) is 18.2 Å². The summed E-state index contributed by atoms with van der Waals surface area (Å²) in [4.78, 5) is 14.8. The maximum absolute atomic E-state index is 12.4. The van der Waals surface area contributed by atoms with Crippen LogP contribution < -0.4 is 14.8 Å². The molecule has 1 amide bonds. The fraction of sp³-hybridized carbons (Fsp3) is 0.571. The fourth-order valence-corrected chi connectivity index (χ4v) is 3.79. The summed E-state index contributed by atoms with van der Waals surface area (Å²) in [5.41, 5.74) is 1.11. The van der Waals surface area contributed by atoms with Crippen molar-refractivity contribution in [3.63, 3.8) is 0 Å². The first-order chi connectivity index (χ1) is 13.2. The molecular weight excluding hydrogens is 344 g/mol. The molecule has 1 aromatic rings. The number of amides is 1. The van der Waals surface area contributed by atoms with E-state index in [9.17, 15) is 4.79 Å². The number of ether oxygens (including phenoxy) is 3. The minimum Gasteiger partial charge on any atom is -0.493 e. The highest BCUT2D eigenvalue weighted by Crippen LogP contribution is 2.32. The van der Waals surface area contributed by atoms with Crippen LogP contribution in [0.5, 0.6) is 11.5 Å². The Morgan fingerprint density at radius 1 is 1.26 bits per heavy atom. The molecule has 1 aliphatic heterocycles. The maximum Gasteiger partial charge on any atom is 0.220 e. The number of carbonyl (C=O) groups is 1. The summed E-state index contributed by atoms with van der Waals surface area (Å²) in [7, 11) is 3.27. The molecule has 2 aliphatic rings. The van der Waals surface area contributed by atoms with E-state index in [-0.39, 0.29) is 11.9 Å². The molecule has 0 spiro atoms. The second-order valence-corrected chi connectivity index (χ2v) is 7.05. The van der Waals surface area contributed by atoms with E-state index < -0.39 is 0 Å². The van der Waals surface area contributed by atoms with E-state index >= 15 is 0 Å². The molecule has 6 heteroatoms. The van der Waals surface area contributed by atoms with Gasteiger partial charge in [-0.25, -0.2) is 0 Å². The summed E-state index contributed by atoms with van der Waals surface area (Å²) in [6, 6.07) is 6.06. The highest BCUT2D eigenvalue weighted by Gasteiger charge is 2.25. The van der Waals surface area contributed by atoms with Crippen LogP contribution in [0.25, 0.3) is 0 Å². The highest BCUT2D eigenvalue weighted by atomic mass is 16.5. The number of nitrogens with zero attached hydrogens (tertiary/aromatic N) is 1. The Labute approximate surface area is 161 Å². The van der Waals surface area contributed by atoms with Crippen molar-refractivity contribution in [1.82, 2.24) is 10.2 Å². The minimum atomic E-state index is 0.0803. The predicted octanol–water partition coefficient (Wildman–Crippen LogP) is 2.55. The lowest BCUT2D eigenvalue weighted by atomic mass is 10.0. The lowest BCUT2D eigenvalue weighted by Gasteiger charge is -2.35. The summed E-state index contributed by atoms with van der Waals surface area (Å²) in [6.07, 6.45) is 7.06. The van der Waals surface area contributed by atoms with Crippen LogP contribution in [-0.4, -0.2) is 57.9 Å². The van der Waals surface area contributed by atoms with Crippen LogP contribution in [0, 0.1) is 5.92 Å². The molecule has 1 aliphatic carbocycles. The molecule has 1 aromatic carbocycles. The second-order valence-electron chi connectivity index (χ2n) is 7.05. The first-order valence-corrected chi connectivity index (χ1v) is 9.68. The third-order valence-corrected chi connectivity index (χ3v) is 5.33. The van der Waals surface area contributed by atoms with Gasteiger partial charge in [-0.15, -0.1) is 0 Å².